The first-order valence-corrected chi connectivity index (χ1v) is 6.83. The number of H-pyrrole nitrogens is 1. The number of hydrogen-bond acceptors (Lipinski definition) is 3. The van der Waals surface area contributed by atoms with E-state index >= 15 is 0 Å². The topological polar surface area (TPSA) is 73.9 Å². The molecule has 0 aliphatic heterocycles. The van der Waals surface area contributed by atoms with Gasteiger partial charge in [-0.2, -0.15) is 5.26 Å². The molecule has 110 valence electrons. The lowest BCUT2D eigenvalue weighted by Gasteiger charge is -2.12. The van der Waals surface area contributed by atoms with E-state index in [-0.39, 0.29) is 22.7 Å². The van der Waals surface area contributed by atoms with Crippen LogP contribution in [0, 0.1) is 17.1 Å². The molecule has 3 rings (SSSR count). The van der Waals surface area contributed by atoms with Crippen LogP contribution in [0.4, 0.5) is 4.39 Å². The van der Waals surface area contributed by atoms with Gasteiger partial charge in [-0.15, -0.1) is 0 Å². The van der Waals surface area contributed by atoms with Crippen LogP contribution < -0.4 is 5.56 Å². The Kier molecular flexibility index (Phi) is 3.26. The molecule has 0 amide bonds. The minimum absolute atomic E-state index is 0.0935. The van der Waals surface area contributed by atoms with Crippen molar-refractivity contribution in [3.63, 3.8) is 0 Å². The zero-order chi connectivity index (χ0) is 15.9. The highest BCUT2D eigenvalue weighted by atomic mass is 19.1. The molecule has 1 N–H and O–H groups in total. The summed E-state index contributed by atoms with van der Waals surface area (Å²) < 4.78 is 14.8. The van der Waals surface area contributed by atoms with Gasteiger partial charge in [-0.1, -0.05) is 26.0 Å². The Bertz CT molecular complexity index is 962. The Balaban J connectivity index is 2.44. The summed E-state index contributed by atoms with van der Waals surface area (Å²) in [5.41, 5.74) is 1.65. The van der Waals surface area contributed by atoms with Crippen molar-refractivity contribution in [2.24, 2.45) is 0 Å². The molecule has 2 aromatic heterocycles. The molecule has 2 heterocycles. The van der Waals surface area contributed by atoms with Crippen LogP contribution in [-0.4, -0.2) is 14.6 Å². The maximum atomic E-state index is 13.5. The Morgan fingerprint density at radius 1 is 1.41 bits per heavy atom. The van der Waals surface area contributed by atoms with Gasteiger partial charge in [-0.3, -0.25) is 9.89 Å². The van der Waals surface area contributed by atoms with Crippen LogP contribution in [0.3, 0.4) is 0 Å². The van der Waals surface area contributed by atoms with Gasteiger partial charge < -0.3 is 0 Å². The fraction of sp³-hybridized carbons (Fsp3) is 0.188. The fourth-order valence-corrected chi connectivity index (χ4v) is 2.49. The molecule has 0 aliphatic rings. The van der Waals surface area contributed by atoms with Crippen LogP contribution in [0.1, 0.15) is 30.9 Å². The zero-order valence-corrected chi connectivity index (χ0v) is 12.1. The number of aromatic amines is 1. The van der Waals surface area contributed by atoms with Crippen LogP contribution >= 0.6 is 0 Å². The predicted octanol–water partition coefficient (Wildman–Crippen LogP) is 2.82. The average Bonchev–Trinajstić information content (AvgIpc) is 2.90. The van der Waals surface area contributed by atoms with Crippen LogP contribution in [0.15, 0.2) is 35.3 Å². The summed E-state index contributed by atoms with van der Waals surface area (Å²) in [6, 6.07) is 7.93. The van der Waals surface area contributed by atoms with E-state index < -0.39 is 5.82 Å². The van der Waals surface area contributed by atoms with Gasteiger partial charge in [0.15, 0.2) is 5.65 Å². The normalized spacial score (nSPS) is 11.0. The molecule has 0 bridgehead atoms. The van der Waals surface area contributed by atoms with Crippen molar-refractivity contribution >= 4 is 5.65 Å². The van der Waals surface area contributed by atoms with Gasteiger partial charge >= 0.3 is 0 Å². The monoisotopic (exact) mass is 296 g/mol. The molecule has 1 aromatic carbocycles. The largest absolute Gasteiger partial charge is 0.295 e. The van der Waals surface area contributed by atoms with E-state index in [9.17, 15) is 9.18 Å². The lowest BCUT2D eigenvalue weighted by molar-refractivity contribution is 0.628. The van der Waals surface area contributed by atoms with Gasteiger partial charge in [-0.25, -0.2) is 13.9 Å². The lowest BCUT2D eigenvalue weighted by atomic mass is 9.98. The standard InChI is InChI=1S/C16H13FN4O/c1-9(2)13-14(10-4-3-5-12(17)6-10)20-15-11(7-18)8-19-21(15)16(13)22/h3-6,8-9,19H,1-2H3. The van der Waals surface area contributed by atoms with E-state index in [1.54, 1.807) is 12.1 Å². The van der Waals surface area contributed by atoms with Crippen molar-refractivity contribution in [2.45, 2.75) is 19.8 Å². The number of nitriles is 1. The second kappa shape index (κ2) is 5.11. The van der Waals surface area contributed by atoms with E-state index in [1.165, 1.54) is 22.8 Å². The molecule has 0 saturated heterocycles. The highest BCUT2D eigenvalue weighted by Gasteiger charge is 2.19. The summed E-state index contributed by atoms with van der Waals surface area (Å²) in [5, 5.41) is 11.9. The van der Waals surface area contributed by atoms with Crippen molar-refractivity contribution in [1.82, 2.24) is 14.6 Å². The highest BCUT2D eigenvalue weighted by Crippen LogP contribution is 2.26. The second-order valence-electron chi connectivity index (χ2n) is 5.30. The molecule has 0 saturated carbocycles. The van der Waals surface area contributed by atoms with E-state index in [4.69, 9.17) is 5.26 Å². The Morgan fingerprint density at radius 2 is 2.18 bits per heavy atom. The van der Waals surface area contributed by atoms with Crippen molar-refractivity contribution in [1.29, 1.82) is 5.26 Å². The predicted molar refractivity (Wildman–Crippen MR) is 80.0 cm³/mol. The minimum Gasteiger partial charge on any atom is -0.295 e. The van der Waals surface area contributed by atoms with Gasteiger partial charge in [0.05, 0.1) is 5.69 Å². The molecular formula is C16H13FN4O. The molecule has 0 spiro atoms. The Labute approximate surface area is 125 Å². The molecule has 0 unspecified atom stereocenters. The van der Waals surface area contributed by atoms with E-state index in [1.807, 2.05) is 19.9 Å². The lowest BCUT2D eigenvalue weighted by Crippen LogP contribution is -2.22. The Morgan fingerprint density at radius 3 is 2.82 bits per heavy atom. The first-order valence-electron chi connectivity index (χ1n) is 6.83. The molecule has 22 heavy (non-hydrogen) atoms. The van der Waals surface area contributed by atoms with Crippen LogP contribution in [0.2, 0.25) is 0 Å². The number of nitrogens with one attached hydrogen (secondary N) is 1. The molecule has 0 aliphatic carbocycles. The van der Waals surface area contributed by atoms with Gasteiger partial charge in [-0.05, 0) is 18.1 Å². The number of fused-ring (bicyclic) bond motifs is 1. The van der Waals surface area contributed by atoms with E-state index in [2.05, 4.69) is 10.1 Å². The Hall–Kier alpha value is -2.94. The average molecular weight is 296 g/mol. The maximum Gasteiger partial charge on any atom is 0.276 e. The van der Waals surface area contributed by atoms with E-state index in [0.717, 1.165) is 0 Å². The van der Waals surface area contributed by atoms with Crippen LogP contribution in [0.5, 0.6) is 0 Å². The summed E-state index contributed by atoms with van der Waals surface area (Å²) in [5.74, 6) is -0.493. The zero-order valence-electron chi connectivity index (χ0n) is 12.1. The number of aromatic nitrogens is 3. The van der Waals surface area contributed by atoms with Crippen LogP contribution in [-0.2, 0) is 0 Å². The summed E-state index contributed by atoms with van der Waals surface area (Å²) in [4.78, 5) is 17.1. The van der Waals surface area contributed by atoms with Crippen LogP contribution in [0.25, 0.3) is 16.9 Å². The van der Waals surface area contributed by atoms with Gasteiger partial charge in [0.1, 0.15) is 17.4 Å². The third-order valence-electron chi connectivity index (χ3n) is 3.49. The van der Waals surface area contributed by atoms with Gasteiger partial charge in [0.25, 0.3) is 5.56 Å². The maximum absolute atomic E-state index is 13.5. The SMILES string of the molecule is CC(C)c1c(-c2cccc(F)c2)nc2c(C#N)c[nH]n2c1=O. The molecule has 0 fully saturated rings. The number of nitrogens with zero attached hydrogens (tertiary/aromatic N) is 3. The van der Waals surface area contributed by atoms with Crippen molar-refractivity contribution in [2.75, 3.05) is 0 Å². The smallest absolute Gasteiger partial charge is 0.276 e. The highest BCUT2D eigenvalue weighted by molar-refractivity contribution is 5.68. The number of benzene rings is 1. The molecule has 3 aromatic rings. The quantitative estimate of drug-likeness (QED) is 0.790. The summed E-state index contributed by atoms with van der Waals surface area (Å²) in [6.07, 6.45) is 1.43. The van der Waals surface area contributed by atoms with Crippen molar-refractivity contribution < 1.29 is 4.39 Å². The second-order valence-corrected chi connectivity index (χ2v) is 5.30. The summed E-state index contributed by atoms with van der Waals surface area (Å²) >= 11 is 0. The third-order valence-corrected chi connectivity index (χ3v) is 3.49. The molecule has 0 radical (unpaired) electrons. The summed E-state index contributed by atoms with van der Waals surface area (Å²) in [6.45, 7) is 3.75. The number of rotatable bonds is 2. The van der Waals surface area contributed by atoms with Crippen molar-refractivity contribution in [3.8, 4) is 17.3 Å². The molecular weight excluding hydrogens is 283 g/mol. The molecule has 0 atom stereocenters. The number of halogens is 1. The minimum atomic E-state index is -0.399. The van der Waals surface area contributed by atoms with Crippen molar-refractivity contribution in [3.05, 3.63) is 57.8 Å². The van der Waals surface area contributed by atoms with E-state index in [0.29, 0.717) is 16.8 Å². The fourth-order valence-electron chi connectivity index (χ4n) is 2.49. The first-order chi connectivity index (χ1) is 10.5. The molecule has 6 heteroatoms. The molecule has 5 nitrogen and oxygen atoms in total. The van der Waals surface area contributed by atoms with Gasteiger partial charge in [0, 0.05) is 17.3 Å². The number of hydrogen-bond donors (Lipinski definition) is 1. The first kappa shape index (κ1) is 14.0. The third kappa shape index (κ3) is 2.07. The summed E-state index contributed by atoms with van der Waals surface area (Å²) in [7, 11) is 0. The van der Waals surface area contributed by atoms with Gasteiger partial charge in [0.2, 0.25) is 0 Å².